The standard InChI is InChI=1S/C12H21FO2/c1-2-14-9-11-3-5-12(6-4-11)10-15-8-7-13/h2,11-12H,1,3-10H2. The van der Waals surface area contributed by atoms with Gasteiger partial charge in [0.25, 0.3) is 0 Å². The molecular weight excluding hydrogens is 195 g/mol. The van der Waals surface area contributed by atoms with Gasteiger partial charge in [0.15, 0.2) is 0 Å². The van der Waals surface area contributed by atoms with E-state index in [0.29, 0.717) is 11.8 Å². The Labute approximate surface area is 91.5 Å². The van der Waals surface area contributed by atoms with Gasteiger partial charge in [-0.15, -0.1) is 0 Å². The zero-order valence-corrected chi connectivity index (χ0v) is 9.29. The van der Waals surface area contributed by atoms with Crippen LogP contribution in [0.3, 0.4) is 0 Å². The average molecular weight is 216 g/mol. The Hall–Kier alpha value is -0.570. The molecule has 0 saturated heterocycles. The highest BCUT2D eigenvalue weighted by molar-refractivity contribution is 4.72. The predicted octanol–water partition coefficient (Wildman–Crippen LogP) is 2.94. The molecule has 15 heavy (non-hydrogen) atoms. The highest BCUT2D eigenvalue weighted by Crippen LogP contribution is 2.29. The third-order valence-electron chi connectivity index (χ3n) is 2.99. The van der Waals surface area contributed by atoms with E-state index in [9.17, 15) is 4.39 Å². The van der Waals surface area contributed by atoms with Crippen LogP contribution in [0, 0.1) is 11.8 Å². The van der Waals surface area contributed by atoms with E-state index in [0.717, 1.165) is 13.2 Å². The minimum atomic E-state index is -0.373. The highest BCUT2D eigenvalue weighted by atomic mass is 19.1. The van der Waals surface area contributed by atoms with Crippen molar-refractivity contribution in [2.75, 3.05) is 26.5 Å². The van der Waals surface area contributed by atoms with Gasteiger partial charge in [0.05, 0.1) is 19.5 Å². The monoisotopic (exact) mass is 216 g/mol. The molecule has 0 bridgehead atoms. The Bertz CT molecular complexity index is 165. The third kappa shape index (κ3) is 5.17. The lowest BCUT2D eigenvalue weighted by Crippen LogP contribution is -2.21. The van der Waals surface area contributed by atoms with E-state index in [1.165, 1.54) is 31.9 Å². The van der Waals surface area contributed by atoms with Crippen molar-refractivity contribution in [2.45, 2.75) is 25.7 Å². The number of rotatable bonds is 7. The van der Waals surface area contributed by atoms with E-state index in [4.69, 9.17) is 9.47 Å². The number of ether oxygens (including phenoxy) is 2. The maximum absolute atomic E-state index is 11.8. The summed E-state index contributed by atoms with van der Waals surface area (Å²) in [6, 6.07) is 0. The van der Waals surface area contributed by atoms with Crippen molar-refractivity contribution in [1.82, 2.24) is 0 Å². The molecule has 0 unspecified atom stereocenters. The van der Waals surface area contributed by atoms with E-state index < -0.39 is 0 Å². The number of hydrogen-bond acceptors (Lipinski definition) is 2. The summed E-state index contributed by atoms with van der Waals surface area (Å²) in [4.78, 5) is 0. The lowest BCUT2D eigenvalue weighted by molar-refractivity contribution is 0.0608. The van der Waals surface area contributed by atoms with Gasteiger partial charge in [-0.25, -0.2) is 4.39 Å². The third-order valence-corrected chi connectivity index (χ3v) is 2.99. The van der Waals surface area contributed by atoms with Crippen LogP contribution in [-0.4, -0.2) is 26.5 Å². The Kier molecular flexibility index (Phi) is 6.41. The summed E-state index contributed by atoms with van der Waals surface area (Å²) in [7, 11) is 0. The van der Waals surface area contributed by atoms with E-state index in [-0.39, 0.29) is 13.3 Å². The fraction of sp³-hybridized carbons (Fsp3) is 0.833. The van der Waals surface area contributed by atoms with Crippen LogP contribution in [0.1, 0.15) is 25.7 Å². The lowest BCUT2D eigenvalue weighted by atomic mass is 9.83. The van der Waals surface area contributed by atoms with Crippen molar-refractivity contribution in [3.05, 3.63) is 12.8 Å². The second kappa shape index (κ2) is 7.69. The first-order chi connectivity index (χ1) is 7.36. The summed E-state index contributed by atoms with van der Waals surface area (Å²) in [6.45, 7) is 4.92. The summed E-state index contributed by atoms with van der Waals surface area (Å²) in [6.07, 6.45) is 6.25. The average Bonchev–Trinajstić information content (AvgIpc) is 2.28. The summed E-state index contributed by atoms with van der Waals surface area (Å²) in [5.74, 6) is 1.29. The normalized spacial score (nSPS) is 26.2. The Balaban J connectivity index is 2.04. The summed E-state index contributed by atoms with van der Waals surface area (Å²) in [5.41, 5.74) is 0. The van der Waals surface area contributed by atoms with Gasteiger partial charge >= 0.3 is 0 Å². The van der Waals surface area contributed by atoms with Crippen molar-refractivity contribution < 1.29 is 13.9 Å². The molecule has 0 atom stereocenters. The molecular formula is C12H21FO2. The number of alkyl halides is 1. The fourth-order valence-electron chi connectivity index (χ4n) is 2.07. The van der Waals surface area contributed by atoms with Crippen molar-refractivity contribution >= 4 is 0 Å². The lowest BCUT2D eigenvalue weighted by Gasteiger charge is -2.27. The molecule has 0 N–H and O–H groups in total. The van der Waals surface area contributed by atoms with E-state index >= 15 is 0 Å². The van der Waals surface area contributed by atoms with E-state index in [1.54, 1.807) is 0 Å². The fourth-order valence-corrected chi connectivity index (χ4v) is 2.07. The molecule has 0 radical (unpaired) electrons. The quantitative estimate of drug-likeness (QED) is 0.481. The van der Waals surface area contributed by atoms with Crippen molar-refractivity contribution in [1.29, 1.82) is 0 Å². The zero-order chi connectivity index (χ0) is 10.9. The Morgan fingerprint density at radius 3 is 2.27 bits per heavy atom. The summed E-state index contributed by atoms with van der Waals surface area (Å²) < 4.78 is 22.2. The Morgan fingerprint density at radius 1 is 1.13 bits per heavy atom. The first-order valence-corrected chi connectivity index (χ1v) is 5.73. The van der Waals surface area contributed by atoms with Gasteiger partial charge in [0.1, 0.15) is 6.67 Å². The van der Waals surface area contributed by atoms with Crippen LogP contribution in [0.25, 0.3) is 0 Å². The first kappa shape index (κ1) is 12.5. The topological polar surface area (TPSA) is 18.5 Å². The van der Waals surface area contributed by atoms with Gasteiger partial charge in [0, 0.05) is 6.61 Å². The Morgan fingerprint density at radius 2 is 1.73 bits per heavy atom. The molecule has 0 amide bonds. The molecule has 88 valence electrons. The highest BCUT2D eigenvalue weighted by Gasteiger charge is 2.21. The van der Waals surface area contributed by atoms with Crippen LogP contribution < -0.4 is 0 Å². The van der Waals surface area contributed by atoms with E-state index in [2.05, 4.69) is 6.58 Å². The van der Waals surface area contributed by atoms with Crippen LogP contribution in [0.2, 0.25) is 0 Å². The van der Waals surface area contributed by atoms with Crippen LogP contribution in [0.15, 0.2) is 12.8 Å². The van der Waals surface area contributed by atoms with Crippen LogP contribution in [0.4, 0.5) is 4.39 Å². The summed E-state index contributed by atoms with van der Waals surface area (Å²) in [5, 5.41) is 0. The summed E-state index contributed by atoms with van der Waals surface area (Å²) >= 11 is 0. The minimum absolute atomic E-state index is 0.250. The largest absolute Gasteiger partial charge is 0.502 e. The second-order valence-electron chi connectivity index (χ2n) is 4.15. The molecule has 0 aliphatic heterocycles. The SMILES string of the molecule is C=COCC1CCC(COCCF)CC1. The number of halogens is 1. The van der Waals surface area contributed by atoms with Gasteiger partial charge in [0.2, 0.25) is 0 Å². The predicted molar refractivity (Wildman–Crippen MR) is 58.4 cm³/mol. The molecule has 3 heteroatoms. The molecule has 0 aromatic rings. The molecule has 1 aliphatic rings. The van der Waals surface area contributed by atoms with E-state index in [1.807, 2.05) is 0 Å². The van der Waals surface area contributed by atoms with Crippen LogP contribution in [-0.2, 0) is 9.47 Å². The van der Waals surface area contributed by atoms with Gasteiger partial charge in [-0.3, -0.25) is 0 Å². The van der Waals surface area contributed by atoms with Crippen molar-refractivity contribution in [2.24, 2.45) is 11.8 Å². The maximum atomic E-state index is 11.8. The molecule has 1 aliphatic carbocycles. The second-order valence-corrected chi connectivity index (χ2v) is 4.15. The van der Waals surface area contributed by atoms with Crippen molar-refractivity contribution in [3.63, 3.8) is 0 Å². The minimum Gasteiger partial charge on any atom is -0.502 e. The molecule has 1 saturated carbocycles. The molecule has 0 spiro atoms. The van der Waals surface area contributed by atoms with Gasteiger partial charge in [-0.1, -0.05) is 6.58 Å². The zero-order valence-electron chi connectivity index (χ0n) is 9.29. The molecule has 0 aromatic carbocycles. The van der Waals surface area contributed by atoms with Crippen LogP contribution >= 0.6 is 0 Å². The molecule has 1 rings (SSSR count). The molecule has 0 heterocycles. The molecule has 0 aromatic heterocycles. The molecule has 2 nitrogen and oxygen atoms in total. The number of hydrogen-bond donors (Lipinski definition) is 0. The van der Waals surface area contributed by atoms with Crippen molar-refractivity contribution in [3.8, 4) is 0 Å². The van der Waals surface area contributed by atoms with Gasteiger partial charge < -0.3 is 9.47 Å². The van der Waals surface area contributed by atoms with Gasteiger partial charge in [-0.2, -0.15) is 0 Å². The smallest absolute Gasteiger partial charge is 0.113 e. The maximum Gasteiger partial charge on any atom is 0.113 e. The van der Waals surface area contributed by atoms with Gasteiger partial charge in [-0.05, 0) is 37.5 Å². The van der Waals surface area contributed by atoms with Crippen LogP contribution in [0.5, 0.6) is 0 Å². The first-order valence-electron chi connectivity index (χ1n) is 5.73. The molecule has 1 fully saturated rings.